The van der Waals surface area contributed by atoms with E-state index in [9.17, 15) is 0 Å². The van der Waals surface area contributed by atoms with Crippen molar-refractivity contribution in [1.82, 2.24) is 0 Å². The fourth-order valence-corrected chi connectivity index (χ4v) is 1.33. The third-order valence-electron chi connectivity index (χ3n) is 2.09. The Balaban J connectivity index is 0.000000322. The summed E-state index contributed by atoms with van der Waals surface area (Å²) in [7, 11) is 0. The van der Waals surface area contributed by atoms with Crippen molar-refractivity contribution in [3.05, 3.63) is 71.8 Å². The number of hydrogen-bond acceptors (Lipinski definition) is 0. The van der Waals surface area contributed by atoms with Crippen LogP contribution in [0.5, 0.6) is 0 Å². The van der Waals surface area contributed by atoms with Crippen molar-refractivity contribution in [3.63, 3.8) is 0 Å². The molecule has 2 rings (SSSR count). The van der Waals surface area contributed by atoms with E-state index in [2.05, 4.69) is 36.0 Å². The Kier molecular flexibility index (Phi) is 11.7. The molecule has 2 aromatic carbocycles. The Hall–Kier alpha value is -2.88. The molecule has 0 saturated carbocycles. The van der Waals surface area contributed by atoms with Gasteiger partial charge in [0.25, 0.3) is 0 Å². The molecule has 0 radical (unpaired) electrons. The first kappa shape index (κ1) is 18.1. The first-order valence-corrected chi connectivity index (χ1v) is 6.61. The third kappa shape index (κ3) is 10.7. The molecule has 0 nitrogen and oxygen atoms in total. The van der Waals surface area contributed by atoms with Crippen LogP contribution in [-0.4, -0.2) is 0 Å². The number of benzene rings is 2. The Morgan fingerprint density at radius 2 is 0.905 bits per heavy atom. The van der Waals surface area contributed by atoms with Crippen LogP contribution in [0.3, 0.4) is 0 Å². The highest BCUT2D eigenvalue weighted by atomic mass is 13.8. The van der Waals surface area contributed by atoms with E-state index < -0.39 is 0 Å². The zero-order chi connectivity index (χ0) is 15.8. The van der Waals surface area contributed by atoms with E-state index in [1.54, 1.807) is 6.92 Å². The molecule has 0 fully saturated rings. The lowest BCUT2D eigenvalue weighted by molar-refractivity contribution is 1.64. The van der Waals surface area contributed by atoms with Crippen molar-refractivity contribution in [1.29, 1.82) is 0 Å². The van der Waals surface area contributed by atoms with Gasteiger partial charge in [0, 0.05) is 11.1 Å². The van der Waals surface area contributed by atoms with Crippen molar-refractivity contribution < 1.29 is 0 Å². The second-order valence-corrected chi connectivity index (χ2v) is 3.77. The molecule has 0 unspecified atom stereocenters. The molecule has 0 heteroatoms. The van der Waals surface area contributed by atoms with Crippen LogP contribution in [-0.2, 0) is 0 Å². The van der Waals surface area contributed by atoms with Crippen LogP contribution in [0.4, 0.5) is 0 Å². The predicted molar refractivity (Wildman–Crippen MR) is 92.5 cm³/mol. The standard InChI is InChI=1S/2C9H8.C3H4/c2*1-2-6-9-7-4-3-5-8-9;1-3-2/h2*3-5,7-8H,1H3;1H,2H3. The van der Waals surface area contributed by atoms with E-state index in [0.717, 1.165) is 11.1 Å². The quantitative estimate of drug-likeness (QED) is 0.607. The van der Waals surface area contributed by atoms with Crippen LogP contribution in [0.1, 0.15) is 31.9 Å². The second-order valence-electron chi connectivity index (χ2n) is 3.77. The van der Waals surface area contributed by atoms with Gasteiger partial charge in [-0.3, -0.25) is 0 Å². The van der Waals surface area contributed by atoms with E-state index in [0.29, 0.717) is 0 Å². The second kappa shape index (κ2) is 13.5. The molecule has 0 N–H and O–H groups in total. The summed E-state index contributed by atoms with van der Waals surface area (Å²) in [4.78, 5) is 0. The van der Waals surface area contributed by atoms with Gasteiger partial charge in [-0.15, -0.1) is 24.2 Å². The number of rotatable bonds is 0. The molecular weight excluding hydrogens is 252 g/mol. The van der Waals surface area contributed by atoms with E-state index >= 15 is 0 Å². The van der Waals surface area contributed by atoms with E-state index in [-0.39, 0.29) is 0 Å². The summed E-state index contributed by atoms with van der Waals surface area (Å²) < 4.78 is 0. The van der Waals surface area contributed by atoms with Gasteiger partial charge in [0.2, 0.25) is 0 Å². The Bertz CT molecular complexity index is 580. The zero-order valence-electron chi connectivity index (χ0n) is 12.9. The molecule has 0 aliphatic rings. The highest BCUT2D eigenvalue weighted by Gasteiger charge is 1.78. The van der Waals surface area contributed by atoms with E-state index in [4.69, 9.17) is 0 Å². The lowest BCUT2D eigenvalue weighted by Crippen LogP contribution is -1.67. The number of hydrogen-bond donors (Lipinski definition) is 0. The summed E-state index contributed by atoms with van der Waals surface area (Å²) in [5.74, 6) is 13.8. The van der Waals surface area contributed by atoms with Crippen LogP contribution in [0.2, 0.25) is 0 Å². The van der Waals surface area contributed by atoms with Crippen molar-refractivity contribution >= 4 is 0 Å². The highest BCUT2D eigenvalue weighted by molar-refractivity contribution is 5.33. The minimum absolute atomic E-state index is 1.08. The predicted octanol–water partition coefficient (Wildman–Crippen LogP) is 4.76. The molecule has 0 spiro atoms. The average Bonchev–Trinajstić information content (AvgIpc) is 2.52. The zero-order valence-corrected chi connectivity index (χ0v) is 12.9. The third-order valence-corrected chi connectivity index (χ3v) is 2.09. The van der Waals surface area contributed by atoms with Gasteiger partial charge < -0.3 is 0 Å². The smallest absolute Gasteiger partial charge is 0.0245 e. The molecule has 2 aromatic rings. The molecule has 0 aromatic heterocycles. The van der Waals surface area contributed by atoms with Gasteiger partial charge in [-0.2, -0.15) is 0 Å². The van der Waals surface area contributed by atoms with Gasteiger partial charge in [-0.1, -0.05) is 48.2 Å². The Morgan fingerprint density at radius 1 is 0.619 bits per heavy atom. The van der Waals surface area contributed by atoms with Crippen molar-refractivity contribution in [2.45, 2.75) is 20.8 Å². The van der Waals surface area contributed by atoms with Gasteiger partial charge in [0.15, 0.2) is 0 Å². The summed E-state index contributed by atoms with van der Waals surface area (Å²) >= 11 is 0. The minimum Gasteiger partial charge on any atom is -0.120 e. The monoisotopic (exact) mass is 272 g/mol. The fraction of sp³-hybridized carbons (Fsp3) is 0.143. The molecule has 0 heterocycles. The summed E-state index contributed by atoms with van der Waals surface area (Å²) in [6, 6.07) is 19.9. The van der Waals surface area contributed by atoms with Crippen LogP contribution >= 0.6 is 0 Å². The first-order valence-electron chi connectivity index (χ1n) is 6.61. The average molecular weight is 272 g/mol. The van der Waals surface area contributed by atoms with Crippen LogP contribution in [0.15, 0.2) is 60.7 Å². The molecule has 0 aliphatic heterocycles. The Labute approximate surface area is 129 Å². The first-order chi connectivity index (χ1) is 10.3. The lowest BCUT2D eigenvalue weighted by Gasteiger charge is -1.83. The molecular formula is C21H20. The molecule has 0 atom stereocenters. The van der Waals surface area contributed by atoms with Gasteiger partial charge in [0.05, 0.1) is 0 Å². The highest BCUT2D eigenvalue weighted by Crippen LogP contribution is 1.94. The van der Waals surface area contributed by atoms with Crippen molar-refractivity contribution in [3.8, 4) is 36.0 Å². The molecule has 104 valence electrons. The molecule has 0 bridgehead atoms. The van der Waals surface area contributed by atoms with Crippen LogP contribution in [0.25, 0.3) is 0 Å². The maximum atomic E-state index is 4.60. The van der Waals surface area contributed by atoms with Crippen molar-refractivity contribution in [2.24, 2.45) is 0 Å². The fourth-order valence-electron chi connectivity index (χ4n) is 1.33. The van der Waals surface area contributed by atoms with Gasteiger partial charge in [-0.05, 0) is 45.0 Å². The summed E-state index contributed by atoms with van der Waals surface area (Å²) in [5, 5.41) is 0. The molecule has 0 saturated heterocycles. The minimum atomic E-state index is 1.08. The number of terminal acetylenes is 1. The van der Waals surface area contributed by atoms with Crippen molar-refractivity contribution in [2.75, 3.05) is 0 Å². The largest absolute Gasteiger partial charge is 0.120 e. The SMILES string of the molecule is C#CC.CC#Cc1ccccc1.CC#Cc1ccccc1. The topological polar surface area (TPSA) is 0 Å². The lowest BCUT2D eigenvalue weighted by atomic mass is 10.2. The van der Waals surface area contributed by atoms with E-state index in [1.807, 2.05) is 74.5 Å². The summed E-state index contributed by atoms with van der Waals surface area (Å²) in [6.07, 6.45) is 4.60. The molecule has 21 heavy (non-hydrogen) atoms. The van der Waals surface area contributed by atoms with Gasteiger partial charge >= 0.3 is 0 Å². The van der Waals surface area contributed by atoms with Crippen LogP contribution < -0.4 is 0 Å². The summed E-state index contributed by atoms with van der Waals surface area (Å²) in [6.45, 7) is 5.33. The van der Waals surface area contributed by atoms with Crippen LogP contribution in [0, 0.1) is 36.0 Å². The summed E-state index contributed by atoms with van der Waals surface area (Å²) in [5.41, 5.74) is 2.17. The van der Waals surface area contributed by atoms with Gasteiger partial charge in [-0.25, -0.2) is 0 Å². The van der Waals surface area contributed by atoms with Gasteiger partial charge in [0.1, 0.15) is 0 Å². The molecule has 0 amide bonds. The Morgan fingerprint density at radius 3 is 1.14 bits per heavy atom. The maximum absolute atomic E-state index is 4.60. The van der Waals surface area contributed by atoms with E-state index in [1.165, 1.54) is 0 Å². The maximum Gasteiger partial charge on any atom is 0.0245 e. The normalized spacial score (nSPS) is 6.95. The molecule has 0 aliphatic carbocycles.